The Morgan fingerprint density at radius 2 is 0.953 bits per heavy atom. The number of fused-ring (bicyclic) bond motifs is 3. The van der Waals surface area contributed by atoms with E-state index >= 15 is 0 Å². The molecule has 0 spiro atoms. The van der Waals surface area contributed by atoms with E-state index in [0.29, 0.717) is 0 Å². The predicted octanol–water partition coefficient (Wildman–Crippen LogP) is 9.57. The SMILES string of the molecule is c1ccc(-c2cc(-c3ccc(-c4ccc5c(ccc6nc(-c7ccccc7)[se]c65)c4)cc3)nc(-c3ccccc3)n2)cc1. The molecule has 8 aromatic rings. The van der Waals surface area contributed by atoms with Crippen LogP contribution in [0.3, 0.4) is 0 Å². The van der Waals surface area contributed by atoms with Gasteiger partial charge in [0.25, 0.3) is 0 Å². The van der Waals surface area contributed by atoms with Crippen molar-refractivity contribution in [2.75, 3.05) is 0 Å². The second-order valence-electron chi connectivity index (χ2n) is 10.5. The van der Waals surface area contributed by atoms with Crippen LogP contribution in [0.5, 0.6) is 0 Å². The van der Waals surface area contributed by atoms with Gasteiger partial charge in [-0.2, -0.15) is 0 Å². The van der Waals surface area contributed by atoms with Gasteiger partial charge in [-0.15, -0.1) is 0 Å². The third kappa shape index (κ3) is 4.97. The predicted molar refractivity (Wildman–Crippen MR) is 179 cm³/mol. The van der Waals surface area contributed by atoms with Gasteiger partial charge in [0, 0.05) is 11.1 Å². The van der Waals surface area contributed by atoms with Crippen molar-refractivity contribution in [3.8, 4) is 55.2 Å². The molecular weight excluding hydrogens is 589 g/mol. The van der Waals surface area contributed by atoms with E-state index in [2.05, 4.69) is 115 Å². The molecule has 0 amide bonds. The molecule has 0 bridgehead atoms. The maximum absolute atomic E-state index is 4.98. The van der Waals surface area contributed by atoms with Crippen LogP contribution >= 0.6 is 0 Å². The van der Waals surface area contributed by atoms with Crippen molar-refractivity contribution in [2.24, 2.45) is 0 Å². The summed E-state index contributed by atoms with van der Waals surface area (Å²) in [6, 6.07) is 53.0. The van der Waals surface area contributed by atoms with E-state index in [0.717, 1.165) is 39.4 Å². The molecule has 2 aromatic heterocycles. The Labute approximate surface area is 255 Å². The molecule has 8 rings (SSSR count). The number of hydrogen-bond acceptors (Lipinski definition) is 3. The minimum atomic E-state index is 0.189. The van der Waals surface area contributed by atoms with Gasteiger partial charge in [0.15, 0.2) is 0 Å². The zero-order valence-corrected chi connectivity index (χ0v) is 24.9. The zero-order chi connectivity index (χ0) is 28.6. The van der Waals surface area contributed by atoms with Crippen LogP contribution in [0.2, 0.25) is 0 Å². The molecule has 0 aliphatic carbocycles. The molecule has 0 aliphatic rings. The van der Waals surface area contributed by atoms with Gasteiger partial charge < -0.3 is 0 Å². The molecule has 202 valence electrons. The van der Waals surface area contributed by atoms with Gasteiger partial charge in [-0.1, -0.05) is 60.7 Å². The van der Waals surface area contributed by atoms with Gasteiger partial charge in [0.05, 0.1) is 0 Å². The van der Waals surface area contributed by atoms with Gasteiger partial charge in [-0.25, -0.2) is 4.98 Å². The summed E-state index contributed by atoms with van der Waals surface area (Å²) in [5, 5.41) is 2.55. The fraction of sp³-hybridized carbons (Fsp3) is 0. The molecule has 3 nitrogen and oxygen atoms in total. The number of benzene rings is 6. The van der Waals surface area contributed by atoms with Crippen LogP contribution in [-0.2, 0) is 0 Å². The molecule has 0 N–H and O–H groups in total. The fourth-order valence-electron chi connectivity index (χ4n) is 5.50. The number of aromatic nitrogens is 3. The summed E-state index contributed by atoms with van der Waals surface area (Å²) in [5.74, 6) is 0.726. The van der Waals surface area contributed by atoms with Crippen LogP contribution in [-0.4, -0.2) is 29.5 Å². The molecule has 2 heterocycles. The van der Waals surface area contributed by atoms with Crippen LogP contribution in [0.25, 0.3) is 75.7 Å². The molecule has 4 heteroatoms. The van der Waals surface area contributed by atoms with Crippen LogP contribution in [0.4, 0.5) is 0 Å². The molecule has 0 atom stereocenters. The first-order valence-electron chi connectivity index (χ1n) is 14.3. The Kier molecular flexibility index (Phi) is 6.49. The van der Waals surface area contributed by atoms with Gasteiger partial charge in [0.1, 0.15) is 0 Å². The third-order valence-electron chi connectivity index (χ3n) is 7.73. The smallest absolute Gasteiger partial charge is 0.228 e. The number of hydrogen-bond donors (Lipinski definition) is 0. The quantitative estimate of drug-likeness (QED) is 0.181. The molecular formula is C39H25N3Se. The first-order valence-corrected chi connectivity index (χ1v) is 16.0. The first kappa shape index (κ1) is 25.6. The monoisotopic (exact) mass is 615 g/mol. The minimum Gasteiger partial charge on any atom is -0.228 e. The summed E-state index contributed by atoms with van der Waals surface area (Å²) in [4.78, 5) is 14.9. The Balaban J connectivity index is 1.15. The van der Waals surface area contributed by atoms with Crippen molar-refractivity contribution in [3.05, 3.63) is 152 Å². The Morgan fingerprint density at radius 1 is 0.395 bits per heavy atom. The molecule has 0 radical (unpaired) electrons. The standard InChI is InChI=1S/C39H25N3Se/c1-4-10-27(11-5-1)35-25-36(41-38(40-35)29-12-6-2-7-13-29)28-18-16-26(17-19-28)31-20-22-33-32(24-31)21-23-34-37(33)43-39(42-34)30-14-8-3-9-15-30/h1-25H. The number of nitrogens with zero attached hydrogens (tertiary/aromatic N) is 3. The molecule has 0 saturated heterocycles. The topological polar surface area (TPSA) is 38.7 Å². The van der Waals surface area contributed by atoms with Gasteiger partial charge in [0.2, 0.25) is 0 Å². The molecule has 0 fully saturated rings. The Hall–Kier alpha value is -5.15. The summed E-state index contributed by atoms with van der Waals surface area (Å²) in [6.45, 7) is 0. The molecule has 0 aliphatic heterocycles. The molecule has 0 saturated carbocycles. The fourth-order valence-corrected chi connectivity index (χ4v) is 7.82. The van der Waals surface area contributed by atoms with E-state index in [1.807, 2.05) is 36.4 Å². The van der Waals surface area contributed by atoms with Crippen LogP contribution in [0.15, 0.2) is 152 Å². The summed E-state index contributed by atoms with van der Waals surface area (Å²) < 4.78 is 2.57. The van der Waals surface area contributed by atoms with Crippen LogP contribution in [0.1, 0.15) is 0 Å². The van der Waals surface area contributed by atoms with E-state index in [9.17, 15) is 0 Å². The van der Waals surface area contributed by atoms with E-state index in [4.69, 9.17) is 15.0 Å². The van der Waals surface area contributed by atoms with E-state index < -0.39 is 0 Å². The van der Waals surface area contributed by atoms with Crippen molar-refractivity contribution >= 4 is 35.1 Å². The molecule has 0 unspecified atom stereocenters. The first-order chi connectivity index (χ1) is 21.3. The van der Waals surface area contributed by atoms with Crippen LogP contribution < -0.4 is 0 Å². The zero-order valence-electron chi connectivity index (χ0n) is 23.2. The van der Waals surface area contributed by atoms with Gasteiger partial charge in [-0.3, -0.25) is 0 Å². The van der Waals surface area contributed by atoms with Crippen molar-refractivity contribution < 1.29 is 0 Å². The second-order valence-corrected chi connectivity index (χ2v) is 12.6. The Morgan fingerprint density at radius 3 is 1.63 bits per heavy atom. The number of rotatable bonds is 5. The van der Waals surface area contributed by atoms with E-state index in [1.165, 1.54) is 36.3 Å². The van der Waals surface area contributed by atoms with Crippen molar-refractivity contribution in [3.63, 3.8) is 0 Å². The van der Waals surface area contributed by atoms with E-state index in [-0.39, 0.29) is 14.5 Å². The summed E-state index contributed by atoms with van der Waals surface area (Å²) in [7, 11) is 0. The average Bonchev–Trinajstić information content (AvgIpc) is 3.54. The third-order valence-corrected chi connectivity index (χ3v) is 10.2. The van der Waals surface area contributed by atoms with Crippen molar-refractivity contribution in [1.29, 1.82) is 0 Å². The maximum atomic E-state index is 4.98. The Bertz CT molecular complexity index is 2150. The second kappa shape index (κ2) is 10.9. The summed E-state index contributed by atoms with van der Waals surface area (Å²) in [5.41, 5.74) is 9.67. The normalized spacial score (nSPS) is 11.3. The van der Waals surface area contributed by atoms with Gasteiger partial charge >= 0.3 is 180 Å². The minimum absolute atomic E-state index is 0.189. The van der Waals surface area contributed by atoms with Crippen LogP contribution in [0, 0.1) is 0 Å². The average molecular weight is 615 g/mol. The summed E-state index contributed by atoms with van der Waals surface area (Å²) >= 11 is 0.189. The summed E-state index contributed by atoms with van der Waals surface area (Å²) in [6.07, 6.45) is 0. The van der Waals surface area contributed by atoms with E-state index in [1.54, 1.807) is 0 Å². The van der Waals surface area contributed by atoms with Gasteiger partial charge in [-0.05, 0) is 0 Å². The van der Waals surface area contributed by atoms with Crippen molar-refractivity contribution in [2.45, 2.75) is 0 Å². The molecule has 43 heavy (non-hydrogen) atoms. The van der Waals surface area contributed by atoms with Crippen molar-refractivity contribution in [1.82, 2.24) is 15.0 Å². The molecule has 6 aromatic carbocycles.